The van der Waals surface area contributed by atoms with Crippen molar-refractivity contribution in [1.82, 2.24) is 10.2 Å². The van der Waals surface area contributed by atoms with E-state index >= 15 is 0 Å². The van der Waals surface area contributed by atoms with Gasteiger partial charge in [0.05, 0.1) is 25.4 Å². The molecule has 1 aromatic carbocycles. The lowest BCUT2D eigenvalue weighted by Crippen LogP contribution is -2.09. The monoisotopic (exact) mass is 449 g/mol. The first-order chi connectivity index (χ1) is 16.0. The molecule has 1 heterocycles. The summed E-state index contributed by atoms with van der Waals surface area (Å²) in [5.41, 5.74) is 9.48. The summed E-state index contributed by atoms with van der Waals surface area (Å²) in [6.45, 7) is 10.4. The Hall–Kier alpha value is -2.82. The molecule has 2 aromatic rings. The van der Waals surface area contributed by atoms with E-state index < -0.39 is 0 Å². The number of methoxy groups -OCH3 is 1. The molecular weight excluding hydrogens is 410 g/mol. The van der Waals surface area contributed by atoms with Crippen LogP contribution in [-0.2, 0) is 22.4 Å². The molecule has 3 rings (SSSR count). The van der Waals surface area contributed by atoms with Crippen LogP contribution in [-0.4, -0.2) is 29.0 Å². The van der Waals surface area contributed by atoms with Crippen molar-refractivity contribution in [2.24, 2.45) is 4.99 Å². The highest BCUT2D eigenvalue weighted by Crippen LogP contribution is 2.31. The number of ether oxygens (including phenoxy) is 1. The summed E-state index contributed by atoms with van der Waals surface area (Å²) in [4.78, 5) is 16.7. The number of esters is 1. The SMILES string of the molecule is CC.CCCC(CCC(=O)OC)=N/C1=C(\C)CCc2cnnc(-c3ccc(C)cc3)c2CC1. The Labute approximate surface area is 199 Å². The fourth-order valence-electron chi connectivity index (χ4n) is 4.02. The van der Waals surface area contributed by atoms with Crippen LogP contribution < -0.4 is 0 Å². The van der Waals surface area contributed by atoms with E-state index in [2.05, 4.69) is 55.2 Å². The standard InChI is InChI=1S/C26H33N3O2.C2H6/c1-5-6-22(13-16-25(30)31-4)28-24-15-14-23-21(12-9-19(24)3)17-27-29-26(23)20-10-7-18(2)8-11-20;1-2/h7-8,10-11,17H,5-6,9,12-16H2,1-4H3;1-2H3/b24-19+,28-22?;. The zero-order valence-corrected chi connectivity index (χ0v) is 21.2. The van der Waals surface area contributed by atoms with Crippen LogP contribution in [0.25, 0.3) is 11.3 Å². The molecule has 1 aliphatic carbocycles. The molecule has 5 heteroatoms. The summed E-state index contributed by atoms with van der Waals surface area (Å²) in [5.74, 6) is -0.178. The number of hydrogen-bond donors (Lipinski definition) is 0. The van der Waals surface area contributed by atoms with Gasteiger partial charge in [-0.3, -0.25) is 9.79 Å². The molecule has 0 N–H and O–H groups in total. The minimum Gasteiger partial charge on any atom is -0.469 e. The van der Waals surface area contributed by atoms with Crippen molar-refractivity contribution in [2.75, 3.05) is 7.11 Å². The number of rotatable bonds is 7. The van der Waals surface area contributed by atoms with Gasteiger partial charge < -0.3 is 4.74 Å². The van der Waals surface area contributed by atoms with Crippen LogP contribution in [0.2, 0.25) is 0 Å². The first-order valence-electron chi connectivity index (χ1n) is 12.2. The number of carbonyl (C=O) groups is 1. The van der Waals surface area contributed by atoms with Crippen LogP contribution in [0.1, 0.15) is 82.9 Å². The molecule has 0 saturated heterocycles. The maximum absolute atomic E-state index is 11.6. The number of hydrogen-bond acceptors (Lipinski definition) is 5. The lowest BCUT2D eigenvalue weighted by Gasteiger charge is -2.19. The molecular formula is C28H39N3O2. The largest absolute Gasteiger partial charge is 0.469 e. The number of aryl methyl sites for hydroxylation is 2. The summed E-state index contributed by atoms with van der Waals surface area (Å²) in [6.07, 6.45) is 8.56. The predicted octanol–water partition coefficient (Wildman–Crippen LogP) is 6.83. The van der Waals surface area contributed by atoms with E-state index in [0.29, 0.717) is 12.8 Å². The highest BCUT2D eigenvalue weighted by molar-refractivity contribution is 5.88. The molecule has 0 amide bonds. The van der Waals surface area contributed by atoms with Crippen molar-refractivity contribution >= 4 is 11.7 Å². The Balaban J connectivity index is 0.00000187. The Morgan fingerprint density at radius 3 is 2.39 bits per heavy atom. The lowest BCUT2D eigenvalue weighted by molar-refractivity contribution is -0.140. The maximum atomic E-state index is 11.6. The van der Waals surface area contributed by atoms with Gasteiger partial charge >= 0.3 is 5.97 Å². The molecule has 0 unspecified atom stereocenters. The van der Waals surface area contributed by atoms with Gasteiger partial charge in [-0.25, -0.2) is 0 Å². The van der Waals surface area contributed by atoms with Gasteiger partial charge in [-0.05, 0) is 63.5 Å². The Morgan fingerprint density at radius 1 is 1.00 bits per heavy atom. The third kappa shape index (κ3) is 7.62. The van der Waals surface area contributed by atoms with Crippen LogP contribution >= 0.6 is 0 Å². The molecule has 0 fully saturated rings. The van der Waals surface area contributed by atoms with Crippen LogP contribution in [0.5, 0.6) is 0 Å². The number of carbonyl (C=O) groups excluding carboxylic acids is 1. The molecule has 0 bridgehead atoms. The van der Waals surface area contributed by atoms with Gasteiger partial charge in [0, 0.05) is 17.0 Å². The second-order valence-corrected chi connectivity index (χ2v) is 8.29. The summed E-state index contributed by atoms with van der Waals surface area (Å²) >= 11 is 0. The molecule has 0 spiro atoms. The number of nitrogens with zero attached hydrogens (tertiary/aromatic N) is 3. The molecule has 5 nitrogen and oxygen atoms in total. The van der Waals surface area contributed by atoms with Gasteiger partial charge in [0.15, 0.2) is 0 Å². The summed E-state index contributed by atoms with van der Waals surface area (Å²) in [7, 11) is 1.44. The number of aromatic nitrogens is 2. The van der Waals surface area contributed by atoms with E-state index in [-0.39, 0.29) is 5.97 Å². The highest BCUT2D eigenvalue weighted by atomic mass is 16.5. The first kappa shape index (κ1) is 26.4. The average Bonchev–Trinajstić information content (AvgIpc) is 2.84. The van der Waals surface area contributed by atoms with Gasteiger partial charge in [0.2, 0.25) is 0 Å². The third-order valence-electron chi connectivity index (χ3n) is 5.92. The van der Waals surface area contributed by atoms with Crippen LogP contribution in [0, 0.1) is 6.92 Å². The second-order valence-electron chi connectivity index (χ2n) is 8.29. The van der Waals surface area contributed by atoms with Crippen molar-refractivity contribution in [3.63, 3.8) is 0 Å². The Morgan fingerprint density at radius 2 is 1.73 bits per heavy atom. The Kier molecular flexibility index (Phi) is 10.9. The fraction of sp³-hybridized carbons (Fsp3) is 0.500. The van der Waals surface area contributed by atoms with Crippen molar-refractivity contribution in [3.05, 3.63) is 58.4 Å². The van der Waals surface area contributed by atoms with E-state index in [0.717, 1.165) is 61.2 Å². The highest BCUT2D eigenvalue weighted by Gasteiger charge is 2.18. The van der Waals surface area contributed by atoms with Crippen LogP contribution in [0.3, 0.4) is 0 Å². The topological polar surface area (TPSA) is 64.4 Å². The number of benzene rings is 1. The lowest BCUT2D eigenvalue weighted by atomic mass is 9.90. The van der Waals surface area contributed by atoms with Gasteiger partial charge in [-0.15, -0.1) is 0 Å². The second kappa shape index (κ2) is 13.7. The zero-order valence-electron chi connectivity index (χ0n) is 21.2. The van der Waals surface area contributed by atoms with E-state index in [4.69, 9.17) is 9.73 Å². The molecule has 1 aromatic heterocycles. The maximum Gasteiger partial charge on any atom is 0.305 e. The summed E-state index contributed by atoms with van der Waals surface area (Å²) in [5, 5.41) is 8.80. The quantitative estimate of drug-likeness (QED) is 0.343. The molecule has 0 radical (unpaired) electrons. The minimum atomic E-state index is -0.178. The summed E-state index contributed by atoms with van der Waals surface area (Å²) < 4.78 is 4.81. The smallest absolute Gasteiger partial charge is 0.305 e. The van der Waals surface area contributed by atoms with Crippen molar-refractivity contribution < 1.29 is 9.53 Å². The van der Waals surface area contributed by atoms with Crippen molar-refractivity contribution in [3.8, 4) is 11.3 Å². The number of aliphatic imine (C=N–C) groups is 1. The molecule has 33 heavy (non-hydrogen) atoms. The van der Waals surface area contributed by atoms with Crippen LogP contribution in [0.4, 0.5) is 0 Å². The number of fused-ring (bicyclic) bond motifs is 1. The van der Waals surface area contributed by atoms with Gasteiger partial charge in [-0.1, -0.05) is 62.6 Å². The molecule has 178 valence electrons. The minimum absolute atomic E-state index is 0.178. The van der Waals surface area contributed by atoms with Gasteiger partial charge in [-0.2, -0.15) is 10.2 Å². The Bertz CT molecular complexity index is 975. The summed E-state index contributed by atoms with van der Waals surface area (Å²) in [6, 6.07) is 8.50. The van der Waals surface area contributed by atoms with Gasteiger partial charge in [0.1, 0.15) is 0 Å². The van der Waals surface area contributed by atoms with E-state index in [1.165, 1.54) is 29.4 Å². The predicted molar refractivity (Wildman–Crippen MR) is 136 cm³/mol. The van der Waals surface area contributed by atoms with E-state index in [1.807, 2.05) is 20.0 Å². The van der Waals surface area contributed by atoms with Crippen molar-refractivity contribution in [1.29, 1.82) is 0 Å². The van der Waals surface area contributed by atoms with Crippen molar-refractivity contribution in [2.45, 2.75) is 86.0 Å². The normalized spacial score (nSPS) is 16.1. The zero-order chi connectivity index (χ0) is 24.2. The number of allylic oxidation sites excluding steroid dienone is 2. The molecule has 1 aliphatic rings. The average molecular weight is 450 g/mol. The molecule has 0 aliphatic heterocycles. The fourth-order valence-corrected chi connectivity index (χ4v) is 4.02. The van der Waals surface area contributed by atoms with E-state index in [9.17, 15) is 4.79 Å². The first-order valence-corrected chi connectivity index (χ1v) is 12.2. The molecule has 0 saturated carbocycles. The third-order valence-corrected chi connectivity index (χ3v) is 5.92. The van der Waals surface area contributed by atoms with Gasteiger partial charge in [0.25, 0.3) is 0 Å². The molecule has 0 atom stereocenters. The van der Waals surface area contributed by atoms with E-state index in [1.54, 1.807) is 0 Å². The van der Waals surface area contributed by atoms with Crippen LogP contribution in [0.15, 0.2) is 46.7 Å².